The van der Waals surface area contributed by atoms with Gasteiger partial charge in [-0.05, 0) is 49.2 Å². The van der Waals surface area contributed by atoms with E-state index in [9.17, 15) is 4.79 Å². The van der Waals surface area contributed by atoms with Crippen molar-refractivity contribution in [2.75, 3.05) is 13.2 Å². The van der Waals surface area contributed by atoms with Crippen LogP contribution in [-0.2, 0) is 11.2 Å². The van der Waals surface area contributed by atoms with Crippen LogP contribution in [0.5, 0.6) is 5.75 Å². The molecule has 0 atom stereocenters. The van der Waals surface area contributed by atoms with Crippen LogP contribution in [0.1, 0.15) is 17.8 Å². The maximum absolute atomic E-state index is 11.9. The van der Waals surface area contributed by atoms with Crippen molar-refractivity contribution in [2.24, 2.45) is 0 Å². The van der Waals surface area contributed by atoms with Gasteiger partial charge < -0.3 is 10.1 Å². The number of aryl methyl sites for hydroxylation is 1. The third-order valence-corrected chi connectivity index (χ3v) is 4.99. The smallest absolute Gasteiger partial charge is 0.220 e. The van der Waals surface area contributed by atoms with Gasteiger partial charge in [0.2, 0.25) is 5.91 Å². The Labute approximate surface area is 155 Å². The van der Waals surface area contributed by atoms with Crippen LogP contribution in [-0.4, -0.2) is 24.0 Å². The van der Waals surface area contributed by atoms with Crippen LogP contribution in [0.25, 0.3) is 10.2 Å². The number of benzene rings is 2. The summed E-state index contributed by atoms with van der Waals surface area (Å²) < 4.78 is 6.73. The lowest BCUT2D eigenvalue weighted by molar-refractivity contribution is -0.121. The number of para-hydroxylation sites is 1. The van der Waals surface area contributed by atoms with E-state index in [-0.39, 0.29) is 5.91 Å². The predicted octanol–water partition coefficient (Wildman–Crippen LogP) is 4.47. The van der Waals surface area contributed by atoms with Crippen molar-refractivity contribution in [2.45, 2.75) is 19.3 Å². The second-order valence-corrected chi connectivity index (χ2v) is 7.13. The lowest BCUT2D eigenvalue weighted by Gasteiger charge is -2.07. The zero-order chi connectivity index (χ0) is 17.5. The minimum Gasteiger partial charge on any atom is -0.492 e. The largest absolute Gasteiger partial charge is 0.492 e. The molecule has 0 aliphatic rings. The number of fused-ring (bicyclic) bond motifs is 1. The number of hydrogen-bond donors (Lipinski definition) is 1. The lowest BCUT2D eigenvalue weighted by atomic mass is 10.2. The number of carbonyl (C=O) groups excluding carboxylic acids is 1. The Morgan fingerprint density at radius 2 is 1.96 bits per heavy atom. The highest BCUT2D eigenvalue weighted by molar-refractivity contribution is 7.18. The van der Waals surface area contributed by atoms with E-state index in [2.05, 4.69) is 16.4 Å². The first-order chi connectivity index (χ1) is 12.2. The van der Waals surface area contributed by atoms with Gasteiger partial charge >= 0.3 is 0 Å². The molecule has 0 radical (unpaired) electrons. The highest BCUT2D eigenvalue weighted by atomic mass is 35.5. The summed E-state index contributed by atoms with van der Waals surface area (Å²) in [5.41, 5.74) is 1.03. The standard InChI is InChI=1S/C19H19ClN2O2S/c20-14-8-10-15(11-9-14)24-13-12-21-18(23)6-3-7-19-22-16-4-1-2-5-17(16)25-19/h1-2,4-5,8-11H,3,6-7,12-13H2,(H,21,23). The van der Waals surface area contributed by atoms with Crippen LogP contribution in [0, 0.1) is 0 Å². The SMILES string of the molecule is O=C(CCCc1nc2ccccc2s1)NCCOc1ccc(Cl)cc1. The zero-order valence-electron chi connectivity index (χ0n) is 13.7. The van der Waals surface area contributed by atoms with E-state index in [1.54, 1.807) is 23.5 Å². The molecule has 1 aromatic heterocycles. The number of aromatic nitrogens is 1. The number of rotatable bonds is 8. The topological polar surface area (TPSA) is 51.2 Å². The predicted molar refractivity (Wildman–Crippen MR) is 103 cm³/mol. The van der Waals surface area contributed by atoms with E-state index >= 15 is 0 Å². The van der Waals surface area contributed by atoms with Crippen molar-refractivity contribution < 1.29 is 9.53 Å². The van der Waals surface area contributed by atoms with Gasteiger partial charge in [-0.2, -0.15) is 0 Å². The first kappa shape index (κ1) is 17.7. The summed E-state index contributed by atoms with van der Waals surface area (Å²) in [7, 11) is 0. The minimum absolute atomic E-state index is 0.0424. The molecule has 0 aliphatic heterocycles. The summed E-state index contributed by atoms with van der Waals surface area (Å²) in [6.07, 6.45) is 2.12. The third kappa shape index (κ3) is 5.44. The van der Waals surface area contributed by atoms with Crippen LogP contribution in [0.15, 0.2) is 48.5 Å². The van der Waals surface area contributed by atoms with Gasteiger partial charge in [0.1, 0.15) is 12.4 Å². The molecule has 2 aromatic carbocycles. The first-order valence-electron chi connectivity index (χ1n) is 8.20. The Hall–Kier alpha value is -2.11. The van der Waals surface area contributed by atoms with Gasteiger partial charge in [-0.25, -0.2) is 4.98 Å². The van der Waals surface area contributed by atoms with Crippen molar-refractivity contribution in [3.8, 4) is 5.75 Å². The maximum atomic E-state index is 11.9. The Kier molecular flexibility index (Phi) is 6.25. The number of nitrogens with one attached hydrogen (secondary N) is 1. The first-order valence-corrected chi connectivity index (χ1v) is 9.40. The van der Waals surface area contributed by atoms with Crippen molar-refractivity contribution in [1.29, 1.82) is 0 Å². The summed E-state index contributed by atoms with van der Waals surface area (Å²) in [4.78, 5) is 16.4. The minimum atomic E-state index is 0.0424. The molecule has 1 amide bonds. The zero-order valence-corrected chi connectivity index (χ0v) is 15.3. The quantitative estimate of drug-likeness (QED) is 0.592. The van der Waals surface area contributed by atoms with Crippen molar-refractivity contribution in [1.82, 2.24) is 10.3 Å². The molecular formula is C19H19ClN2O2S. The van der Waals surface area contributed by atoms with Gasteiger partial charge in [-0.3, -0.25) is 4.79 Å². The molecular weight excluding hydrogens is 356 g/mol. The molecule has 0 aliphatic carbocycles. The van der Waals surface area contributed by atoms with E-state index < -0.39 is 0 Å². The number of halogens is 1. The average molecular weight is 375 g/mol. The number of hydrogen-bond acceptors (Lipinski definition) is 4. The van der Waals surface area contributed by atoms with E-state index in [1.165, 1.54) is 4.70 Å². The Balaban J connectivity index is 1.32. The molecule has 6 heteroatoms. The third-order valence-electron chi connectivity index (χ3n) is 3.64. The lowest BCUT2D eigenvalue weighted by Crippen LogP contribution is -2.27. The molecule has 0 fully saturated rings. The molecule has 1 N–H and O–H groups in total. The Morgan fingerprint density at radius 3 is 2.76 bits per heavy atom. The molecule has 1 heterocycles. The van der Waals surface area contributed by atoms with Crippen molar-refractivity contribution in [3.05, 3.63) is 58.6 Å². The molecule has 0 saturated heterocycles. The van der Waals surface area contributed by atoms with Gasteiger partial charge in [0, 0.05) is 11.4 Å². The van der Waals surface area contributed by atoms with Gasteiger partial charge in [-0.1, -0.05) is 23.7 Å². The molecule has 25 heavy (non-hydrogen) atoms. The second kappa shape index (κ2) is 8.83. The van der Waals surface area contributed by atoms with E-state index in [4.69, 9.17) is 16.3 Å². The molecule has 0 spiro atoms. The fraction of sp³-hybridized carbons (Fsp3) is 0.263. The maximum Gasteiger partial charge on any atom is 0.220 e. The molecule has 0 bridgehead atoms. The van der Waals surface area contributed by atoms with Crippen molar-refractivity contribution >= 4 is 39.1 Å². The highest BCUT2D eigenvalue weighted by Gasteiger charge is 2.05. The summed E-state index contributed by atoms with van der Waals surface area (Å²) in [5.74, 6) is 0.787. The Bertz CT molecular complexity index is 800. The number of thiazole rings is 1. The summed E-state index contributed by atoms with van der Waals surface area (Å²) in [5, 5.41) is 4.63. The van der Waals surface area contributed by atoms with Gasteiger partial charge in [0.15, 0.2) is 0 Å². The van der Waals surface area contributed by atoms with Gasteiger partial charge in [0.25, 0.3) is 0 Å². The molecule has 130 valence electrons. The normalized spacial score (nSPS) is 10.8. The molecule has 3 rings (SSSR count). The number of amides is 1. The van der Waals surface area contributed by atoms with E-state index in [1.807, 2.05) is 30.3 Å². The van der Waals surface area contributed by atoms with Crippen LogP contribution in [0.4, 0.5) is 0 Å². The van der Waals surface area contributed by atoms with Gasteiger partial charge in [0.05, 0.1) is 21.8 Å². The van der Waals surface area contributed by atoms with Crippen LogP contribution in [0.2, 0.25) is 5.02 Å². The molecule has 0 saturated carbocycles. The molecule has 3 aromatic rings. The molecule has 0 unspecified atom stereocenters. The van der Waals surface area contributed by atoms with Crippen LogP contribution < -0.4 is 10.1 Å². The summed E-state index contributed by atoms with van der Waals surface area (Å²) in [6.45, 7) is 0.924. The summed E-state index contributed by atoms with van der Waals surface area (Å²) in [6, 6.07) is 15.3. The van der Waals surface area contributed by atoms with Gasteiger partial charge in [-0.15, -0.1) is 11.3 Å². The molecule has 4 nitrogen and oxygen atoms in total. The average Bonchev–Trinajstić information content (AvgIpc) is 3.03. The monoisotopic (exact) mass is 374 g/mol. The number of ether oxygens (including phenoxy) is 1. The fourth-order valence-corrected chi connectivity index (χ4v) is 3.54. The number of carbonyl (C=O) groups is 1. The number of nitrogens with zero attached hydrogens (tertiary/aromatic N) is 1. The second-order valence-electron chi connectivity index (χ2n) is 5.58. The van der Waals surface area contributed by atoms with E-state index in [0.717, 1.165) is 29.1 Å². The van der Waals surface area contributed by atoms with Crippen LogP contribution >= 0.6 is 22.9 Å². The summed E-state index contributed by atoms with van der Waals surface area (Å²) >= 11 is 7.51. The van der Waals surface area contributed by atoms with Crippen molar-refractivity contribution in [3.63, 3.8) is 0 Å². The van der Waals surface area contributed by atoms with Crippen LogP contribution in [0.3, 0.4) is 0 Å². The van der Waals surface area contributed by atoms with E-state index in [0.29, 0.717) is 24.6 Å². The Morgan fingerprint density at radius 1 is 1.16 bits per heavy atom. The highest BCUT2D eigenvalue weighted by Crippen LogP contribution is 2.22. The fourth-order valence-electron chi connectivity index (χ4n) is 2.41.